The maximum atomic E-state index is 9.73. The fourth-order valence-electron chi connectivity index (χ4n) is 4.01. The van der Waals surface area contributed by atoms with Crippen molar-refractivity contribution in [1.29, 1.82) is 0 Å². The van der Waals surface area contributed by atoms with Gasteiger partial charge < -0.3 is 21.1 Å². The van der Waals surface area contributed by atoms with Crippen molar-refractivity contribution >= 4 is 17.6 Å². The third kappa shape index (κ3) is 3.95. The monoisotopic (exact) mass is 369 g/mol. The highest BCUT2D eigenvalue weighted by Crippen LogP contribution is 2.41. The van der Waals surface area contributed by atoms with E-state index in [0.717, 1.165) is 56.0 Å². The van der Waals surface area contributed by atoms with Crippen LogP contribution < -0.4 is 16.0 Å². The Morgan fingerprint density at radius 3 is 2.74 bits per heavy atom. The van der Waals surface area contributed by atoms with Gasteiger partial charge in [-0.1, -0.05) is 13.8 Å². The van der Waals surface area contributed by atoms with Crippen LogP contribution in [0.4, 0.5) is 17.6 Å². The van der Waals surface area contributed by atoms with Crippen molar-refractivity contribution < 1.29 is 5.11 Å². The van der Waals surface area contributed by atoms with Crippen LogP contribution in [0.3, 0.4) is 0 Å². The molecule has 2 aromatic heterocycles. The lowest BCUT2D eigenvalue weighted by Crippen LogP contribution is -2.38. The Balaban J connectivity index is 1.61. The number of nitrogens with two attached hydrogens (primary N) is 1. The van der Waals surface area contributed by atoms with Crippen molar-refractivity contribution in [2.45, 2.75) is 51.7 Å². The SMILES string of the molecule is CC1(C)Cc2nc(N3CCC(O)CC3)ncc2[C@H](Nc2cc(N)ncn2)C1. The first-order chi connectivity index (χ1) is 12.9. The second-order valence-electron chi connectivity index (χ2n) is 8.36. The van der Waals surface area contributed by atoms with Gasteiger partial charge >= 0.3 is 0 Å². The summed E-state index contributed by atoms with van der Waals surface area (Å²) in [6, 6.07) is 1.82. The Labute approximate surface area is 159 Å². The van der Waals surface area contributed by atoms with Gasteiger partial charge in [-0.2, -0.15) is 0 Å². The zero-order valence-electron chi connectivity index (χ0n) is 15.9. The van der Waals surface area contributed by atoms with E-state index in [2.05, 4.69) is 39.0 Å². The van der Waals surface area contributed by atoms with Crippen LogP contribution >= 0.6 is 0 Å². The summed E-state index contributed by atoms with van der Waals surface area (Å²) < 4.78 is 0. The minimum absolute atomic E-state index is 0.0790. The average molecular weight is 369 g/mol. The van der Waals surface area contributed by atoms with Gasteiger partial charge in [0.1, 0.15) is 18.0 Å². The van der Waals surface area contributed by atoms with Crippen molar-refractivity contribution in [1.82, 2.24) is 19.9 Å². The lowest BCUT2D eigenvalue weighted by Gasteiger charge is -2.37. The van der Waals surface area contributed by atoms with Gasteiger partial charge in [0.2, 0.25) is 5.95 Å². The van der Waals surface area contributed by atoms with Gasteiger partial charge in [0.15, 0.2) is 0 Å². The standard InChI is InChI=1S/C19H27N7O/c1-19(2)8-14(24-17-7-16(20)22-11-23-17)13-10-21-18(25-15(13)9-19)26-5-3-12(27)4-6-26/h7,10-12,14,27H,3-6,8-9H2,1-2H3,(H3,20,22,23,24)/t14-/m1/s1. The number of piperidine rings is 1. The Kier molecular flexibility index (Phi) is 4.59. The fourth-order valence-corrected chi connectivity index (χ4v) is 4.01. The molecule has 1 atom stereocenters. The molecule has 1 fully saturated rings. The van der Waals surface area contributed by atoms with Crippen LogP contribution in [0.15, 0.2) is 18.6 Å². The van der Waals surface area contributed by atoms with E-state index in [-0.39, 0.29) is 17.6 Å². The van der Waals surface area contributed by atoms with Crippen LogP contribution in [-0.2, 0) is 6.42 Å². The number of nitrogens with zero attached hydrogens (tertiary/aromatic N) is 5. The van der Waals surface area contributed by atoms with Gasteiger partial charge in [-0.15, -0.1) is 0 Å². The number of hydrogen-bond acceptors (Lipinski definition) is 8. The van der Waals surface area contributed by atoms with Crippen LogP contribution in [0, 0.1) is 5.41 Å². The molecule has 0 bridgehead atoms. The molecule has 2 aliphatic rings. The van der Waals surface area contributed by atoms with Gasteiger partial charge in [-0.05, 0) is 31.1 Å². The molecule has 0 aromatic carbocycles. The number of nitrogen functional groups attached to an aromatic ring is 1. The molecular weight excluding hydrogens is 342 g/mol. The number of rotatable bonds is 3. The number of aromatic nitrogens is 4. The molecule has 8 heteroatoms. The molecule has 0 spiro atoms. The first-order valence-corrected chi connectivity index (χ1v) is 9.52. The predicted molar refractivity (Wildman–Crippen MR) is 104 cm³/mol. The maximum Gasteiger partial charge on any atom is 0.225 e. The summed E-state index contributed by atoms with van der Waals surface area (Å²) in [5, 5.41) is 13.2. The highest BCUT2D eigenvalue weighted by molar-refractivity contribution is 5.47. The second kappa shape index (κ2) is 6.92. The van der Waals surface area contributed by atoms with Crippen molar-refractivity contribution in [3.8, 4) is 0 Å². The van der Waals surface area contributed by atoms with Crippen molar-refractivity contribution in [3.63, 3.8) is 0 Å². The average Bonchev–Trinajstić information content (AvgIpc) is 2.61. The first kappa shape index (κ1) is 17.9. The number of aliphatic hydroxyl groups is 1. The minimum Gasteiger partial charge on any atom is -0.393 e. The molecule has 1 aliphatic carbocycles. The summed E-state index contributed by atoms with van der Waals surface area (Å²) in [7, 11) is 0. The van der Waals surface area contributed by atoms with E-state index in [1.165, 1.54) is 6.33 Å². The zero-order valence-corrected chi connectivity index (χ0v) is 15.9. The lowest BCUT2D eigenvalue weighted by molar-refractivity contribution is 0.145. The summed E-state index contributed by atoms with van der Waals surface area (Å²) >= 11 is 0. The van der Waals surface area contributed by atoms with E-state index in [1.807, 2.05) is 6.20 Å². The molecule has 144 valence electrons. The molecule has 0 unspecified atom stereocenters. The Bertz CT molecular complexity index is 817. The maximum absolute atomic E-state index is 9.73. The van der Waals surface area contributed by atoms with Crippen LogP contribution in [-0.4, -0.2) is 44.2 Å². The molecule has 27 heavy (non-hydrogen) atoms. The number of anilines is 3. The second-order valence-corrected chi connectivity index (χ2v) is 8.36. The minimum atomic E-state index is -0.202. The van der Waals surface area contributed by atoms with Gasteiger partial charge in [-0.25, -0.2) is 19.9 Å². The van der Waals surface area contributed by atoms with E-state index in [0.29, 0.717) is 11.6 Å². The highest BCUT2D eigenvalue weighted by Gasteiger charge is 2.34. The van der Waals surface area contributed by atoms with Crippen molar-refractivity contribution in [2.75, 3.05) is 29.0 Å². The third-order valence-corrected chi connectivity index (χ3v) is 5.42. The fraction of sp³-hybridized carbons (Fsp3) is 0.579. The quantitative estimate of drug-likeness (QED) is 0.752. The Morgan fingerprint density at radius 1 is 1.22 bits per heavy atom. The summed E-state index contributed by atoms with van der Waals surface area (Å²) in [6.07, 6.45) is 6.63. The van der Waals surface area contributed by atoms with E-state index in [9.17, 15) is 5.11 Å². The molecule has 0 radical (unpaired) electrons. The summed E-state index contributed by atoms with van der Waals surface area (Å²) in [5.41, 5.74) is 8.11. The van der Waals surface area contributed by atoms with Gasteiger partial charge in [0.25, 0.3) is 0 Å². The molecule has 0 saturated carbocycles. The normalized spacial score (nSPS) is 22.3. The van der Waals surface area contributed by atoms with Gasteiger partial charge in [0, 0.05) is 30.9 Å². The molecule has 0 amide bonds. The van der Waals surface area contributed by atoms with Gasteiger partial charge in [0.05, 0.1) is 17.8 Å². The molecule has 3 heterocycles. The van der Waals surface area contributed by atoms with Crippen molar-refractivity contribution in [3.05, 3.63) is 29.8 Å². The molecule has 1 aliphatic heterocycles. The van der Waals surface area contributed by atoms with E-state index in [1.54, 1.807) is 6.07 Å². The summed E-state index contributed by atoms with van der Waals surface area (Å²) in [5.74, 6) is 1.93. The van der Waals surface area contributed by atoms with Crippen LogP contribution in [0.25, 0.3) is 0 Å². The largest absolute Gasteiger partial charge is 0.393 e. The first-order valence-electron chi connectivity index (χ1n) is 9.52. The van der Waals surface area contributed by atoms with Gasteiger partial charge in [-0.3, -0.25) is 0 Å². The molecule has 8 nitrogen and oxygen atoms in total. The topological polar surface area (TPSA) is 113 Å². The summed E-state index contributed by atoms with van der Waals surface area (Å²) in [4.78, 5) is 19.9. The third-order valence-electron chi connectivity index (χ3n) is 5.42. The van der Waals surface area contributed by atoms with Crippen LogP contribution in [0.1, 0.15) is 50.4 Å². The Hall–Kier alpha value is -2.48. The molecule has 4 rings (SSSR count). The highest BCUT2D eigenvalue weighted by atomic mass is 16.3. The smallest absolute Gasteiger partial charge is 0.225 e. The van der Waals surface area contributed by atoms with E-state index < -0.39 is 0 Å². The van der Waals surface area contributed by atoms with Crippen LogP contribution in [0.5, 0.6) is 0 Å². The number of nitrogens with one attached hydrogen (secondary N) is 1. The van der Waals surface area contributed by atoms with Crippen LogP contribution in [0.2, 0.25) is 0 Å². The van der Waals surface area contributed by atoms with E-state index >= 15 is 0 Å². The Morgan fingerprint density at radius 2 is 2.00 bits per heavy atom. The van der Waals surface area contributed by atoms with Crippen molar-refractivity contribution in [2.24, 2.45) is 5.41 Å². The number of aliphatic hydroxyl groups excluding tert-OH is 1. The number of hydrogen-bond donors (Lipinski definition) is 3. The lowest BCUT2D eigenvalue weighted by atomic mass is 9.74. The summed E-state index contributed by atoms with van der Waals surface area (Å²) in [6.45, 7) is 6.12. The molecule has 2 aromatic rings. The zero-order chi connectivity index (χ0) is 19.0. The predicted octanol–water partition coefficient (Wildman–Crippen LogP) is 1.94. The molecule has 1 saturated heterocycles. The number of fused-ring (bicyclic) bond motifs is 1. The molecule has 4 N–H and O–H groups in total. The molecular formula is C19H27N7O. The van der Waals surface area contributed by atoms with E-state index in [4.69, 9.17) is 10.7 Å².